The summed E-state index contributed by atoms with van der Waals surface area (Å²) >= 11 is 0. The number of H-pyrrole nitrogens is 1. The molecule has 0 aliphatic heterocycles. The predicted octanol–water partition coefficient (Wildman–Crippen LogP) is 1.83. The fourth-order valence-corrected chi connectivity index (χ4v) is 2.32. The van der Waals surface area contributed by atoms with Crippen molar-refractivity contribution >= 4 is 11.9 Å². The Hall–Kier alpha value is -2.32. The number of halogens is 2. The predicted molar refractivity (Wildman–Crippen MR) is 72.6 cm³/mol. The van der Waals surface area contributed by atoms with E-state index in [-0.39, 0.29) is 30.8 Å². The van der Waals surface area contributed by atoms with Gasteiger partial charge in [-0.15, -0.1) is 0 Å². The van der Waals surface area contributed by atoms with E-state index in [0.29, 0.717) is 24.4 Å². The van der Waals surface area contributed by atoms with Crippen molar-refractivity contribution in [3.8, 4) is 11.5 Å². The van der Waals surface area contributed by atoms with Crippen molar-refractivity contribution in [1.29, 1.82) is 0 Å². The van der Waals surface area contributed by atoms with E-state index in [4.69, 9.17) is 5.73 Å². The average molecular weight is 295 g/mol. The number of nitrogens with zero attached hydrogens (tertiary/aromatic N) is 4. The van der Waals surface area contributed by atoms with Gasteiger partial charge < -0.3 is 11.1 Å². The zero-order valence-corrected chi connectivity index (χ0v) is 11.2. The van der Waals surface area contributed by atoms with Gasteiger partial charge >= 0.3 is 0 Å². The topological polar surface area (TPSA) is 105 Å². The Labute approximate surface area is 119 Å². The van der Waals surface area contributed by atoms with Crippen LogP contribution >= 0.6 is 0 Å². The fourth-order valence-electron chi connectivity index (χ4n) is 2.32. The van der Waals surface area contributed by atoms with Crippen molar-refractivity contribution in [3.63, 3.8) is 0 Å². The van der Waals surface area contributed by atoms with Gasteiger partial charge in [-0.05, 0) is 18.9 Å². The zero-order chi connectivity index (χ0) is 14.9. The van der Waals surface area contributed by atoms with Crippen molar-refractivity contribution in [2.45, 2.75) is 37.6 Å². The molecule has 0 saturated heterocycles. The van der Waals surface area contributed by atoms with Gasteiger partial charge in [-0.3, -0.25) is 5.10 Å². The summed E-state index contributed by atoms with van der Waals surface area (Å²) < 4.78 is 26.3. The number of nitrogen functional groups attached to an aromatic ring is 1. The first-order chi connectivity index (χ1) is 10.0. The molecule has 0 unspecified atom stereocenters. The van der Waals surface area contributed by atoms with Crippen LogP contribution in [0.5, 0.6) is 0 Å². The molecule has 1 saturated carbocycles. The summed E-state index contributed by atoms with van der Waals surface area (Å²) in [5.74, 6) is -1.87. The summed E-state index contributed by atoms with van der Waals surface area (Å²) in [5, 5.41) is 9.69. The Balaban J connectivity index is 1.74. The first kappa shape index (κ1) is 13.7. The van der Waals surface area contributed by atoms with Gasteiger partial charge in [-0.1, -0.05) is 0 Å². The summed E-state index contributed by atoms with van der Waals surface area (Å²) in [5.41, 5.74) is 6.20. The molecule has 3 rings (SSSR count). The molecule has 0 aromatic carbocycles. The third-order valence-electron chi connectivity index (χ3n) is 3.43. The third-order valence-corrected chi connectivity index (χ3v) is 3.43. The zero-order valence-electron chi connectivity index (χ0n) is 11.2. The van der Waals surface area contributed by atoms with Crippen LogP contribution < -0.4 is 11.1 Å². The molecule has 1 aliphatic carbocycles. The maximum absolute atomic E-state index is 13.1. The van der Waals surface area contributed by atoms with Gasteiger partial charge in [0.1, 0.15) is 5.69 Å². The molecule has 4 N–H and O–H groups in total. The molecule has 0 spiro atoms. The molecule has 7 nitrogen and oxygen atoms in total. The molecule has 112 valence electrons. The number of hydrogen-bond acceptors (Lipinski definition) is 6. The Morgan fingerprint density at radius 1 is 1.24 bits per heavy atom. The Kier molecular flexibility index (Phi) is 3.40. The molecule has 2 aromatic heterocycles. The smallest absolute Gasteiger partial charge is 0.248 e. The first-order valence-electron chi connectivity index (χ1n) is 6.68. The Bertz CT molecular complexity index is 604. The van der Waals surface area contributed by atoms with Gasteiger partial charge in [-0.25, -0.2) is 8.78 Å². The summed E-state index contributed by atoms with van der Waals surface area (Å²) in [6, 6.07) is 1.62. The number of aromatic nitrogens is 5. The number of hydrogen-bond donors (Lipinski definition) is 3. The monoisotopic (exact) mass is 295 g/mol. The molecule has 0 atom stereocenters. The van der Waals surface area contributed by atoms with Crippen molar-refractivity contribution in [1.82, 2.24) is 25.1 Å². The second-order valence-electron chi connectivity index (χ2n) is 5.07. The van der Waals surface area contributed by atoms with E-state index in [1.165, 1.54) is 0 Å². The lowest BCUT2D eigenvalue weighted by Gasteiger charge is -2.28. The molecule has 1 fully saturated rings. The quantitative estimate of drug-likeness (QED) is 0.797. The minimum absolute atomic E-state index is 0.0617. The van der Waals surface area contributed by atoms with Crippen molar-refractivity contribution in [2.24, 2.45) is 0 Å². The Morgan fingerprint density at radius 2 is 2.00 bits per heavy atom. The highest BCUT2D eigenvalue weighted by atomic mass is 19.3. The molecule has 0 radical (unpaired) electrons. The van der Waals surface area contributed by atoms with Crippen LogP contribution in [0, 0.1) is 0 Å². The van der Waals surface area contributed by atoms with Crippen molar-refractivity contribution in [3.05, 3.63) is 12.3 Å². The Morgan fingerprint density at radius 3 is 2.67 bits per heavy atom. The highest BCUT2D eigenvalue weighted by Crippen LogP contribution is 2.34. The fraction of sp³-hybridized carbons (Fsp3) is 0.500. The van der Waals surface area contributed by atoms with Gasteiger partial charge in [0.05, 0.1) is 0 Å². The van der Waals surface area contributed by atoms with E-state index in [0.717, 1.165) is 0 Å². The average Bonchev–Trinajstić information content (AvgIpc) is 2.95. The first-order valence-corrected chi connectivity index (χ1v) is 6.68. The maximum atomic E-state index is 13.1. The third kappa shape index (κ3) is 3.23. The van der Waals surface area contributed by atoms with E-state index in [2.05, 4.69) is 30.5 Å². The van der Waals surface area contributed by atoms with Crippen LogP contribution in [0.3, 0.4) is 0 Å². The number of rotatable bonds is 3. The lowest BCUT2D eigenvalue weighted by atomic mass is 9.92. The minimum atomic E-state index is -2.56. The van der Waals surface area contributed by atoms with Crippen LogP contribution in [-0.4, -0.2) is 37.1 Å². The van der Waals surface area contributed by atoms with Crippen LogP contribution in [-0.2, 0) is 0 Å². The lowest BCUT2D eigenvalue weighted by molar-refractivity contribution is -0.0361. The number of aromatic amines is 1. The number of alkyl halides is 2. The largest absolute Gasteiger partial charge is 0.368 e. The number of anilines is 2. The molecule has 2 heterocycles. The second-order valence-corrected chi connectivity index (χ2v) is 5.07. The molecule has 21 heavy (non-hydrogen) atoms. The summed E-state index contributed by atoms with van der Waals surface area (Å²) in [6.45, 7) is 0. The molecule has 1 aliphatic rings. The van der Waals surface area contributed by atoms with E-state index >= 15 is 0 Å². The van der Waals surface area contributed by atoms with Crippen LogP contribution in [0.15, 0.2) is 12.3 Å². The maximum Gasteiger partial charge on any atom is 0.248 e. The second kappa shape index (κ2) is 5.23. The standard InChI is InChI=1S/C12H15F2N7/c13-12(14)4-1-7(2-5-12)17-11-19-9(18-10(15)20-11)8-3-6-16-21-8/h3,6-7H,1-2,4-5H2,(H,16,21)(H3,15,17,18,19,20). The van der Waals surface area contributed by atoms with E-state index in [1.54, 1.807) is 12.3 Å². The molecule has 0 amide bonds. The van der Waals surface area contributed by atoms with Gasteiger partial charge in [0, 0.05) is 25.1 Å². The van der Waals surface area contributed by atoms with Crippen LogP contribution in [0.4, 0.5) is 20.7 Å². The normalized spacial score (nSPS) is 18.6. The van der Waals surface area contributed by atoms with Crippen molar-refractivity contribution in [2.75, 3.05) is 11.1 Å². The highest BCUT2D eigenvalue weighted by Gasteiger charge is 2.35. The highest BCUT2D eigenvalue weighted by molar-refractivity contribution is 5.52. The van der Waals surface area contributed by atoms with Gasteiger partial charge in [-0.2, -0.15) is 20.1 Å². The van der Waals surface area contributed by atoms with Gasteiger partial charge in [0.25, 0.3) is 0 Å². The summed E-state index contributed by atoms with van der Waals surface area (Å²) in [6.07, 6.45) is 2.13. The molecule has 9 heteroatoms. The van der Waals surface area contributed by atoms with Crippen LogP contribution in [0.25, 0.3) is 11.5 Å². The van der Waals surface area contributed by atoms with Crippen LogP contribution in [0.2, 0.25) is 0 Å². The molecule has 0 bridgehead atoms. The molecular weight excluding hydrogens is 280 g/mol. The molecular formula is C12H15F2N7. The van der Waals surface area contributed by atoms with E-state index < -0.39 is 5.92 Å². The van der Waals surface area contributed by atoms with Gasteiger partial charge in [0.15, 0.2) is 5.82 Å². The van der Waals surface area contributed by atoms with E-state index in [9.17, 15) is 8.78 Å². The molecule has 2 aromatic rings. The number of nitrogens with two attached hydrogens (primary N) is 1. The number of nitrogens with one attached hydrogen (secondary N) is 2. The summed E-state index contributed by atoms with van der Waals surface area (Å²) in [7, 11) is 0. The van der Waals surface area contributed by atoms with Gasteiger partial charge in [0.2, 0.25) is 17.8 Å². The van der Waals surface area contributed by atoms with Crippen LogP contribution in [0.1, 0.15) is 25.7 Å². The van der Waals surface area contributed by atoms with Crippen molar-refractivity contribution < 1.29 is 8.78 Å². The summed E-state index contributed by atoms with van der Waals surface area (Å²) in [4.78, 5) is 12.2. The lowest BCUT2D eigenvalue weighted by Crippen LogP contribution is -2.32. The SMILES string of the molecule is Nc1nc(NC2CCC(F)(F)CC2)nc(-c2cc[nH]n2)n1. The van der Waals surface area contributed by atoms with E-state index in [1.807, 2.05) is 0 Å². The minimum Gasteiger partial charge on any atom is -0.368 e.